The average molecular weight is 364 g/mol. The van der Waals surface area contributed by atoms with Crippen molar-refractivity contribution in [1.29, 1.82) is 0 Å². The van der Waals surface area contributed by atoms with E-state index in [0.717, 1.165) is 43.7 Å². The Morgan fingerprint density at radius 1 is 1.33 bits per heavy atom. The van der Waals surface area contributed by atoms with Crippen LogP contribution in [0.5, 0.6) is 0 Å². The number of aromatic nitrogens is 1. The van der Waals surface area contributed by atoms with E-state index in [4.69, 9.17) is 23.2 Å². The summed E-state index contributed by atoms with van der Waals surface area (Å²) in [5.74, 6) is 0.0277. The van der Waals surface area contributed by atoms with Crippen LogP contribution in [-0.4, -0.2) is 28.9 Å². The Labute approximate surface area is 151 Å². The Morgan fingerprint density at radius 2 is 2.21 bits per heavy atom. The molecule has 2 aromatic rings. The molecule has 0 radical (unpaired) electrons. The van der Waals surface area contributed by atoms with E-state index in [9.17, 15) is 4.79 Å². The van der Waals surface area contributed by atoms with Gasteiger partial charge in [-0.1, -0.05) is 29.3 Å². The lowest BCUT2D eigenvalue weighted by Crippen LogP contribution is -2.40. The molecule has 1 atom stereocenters. The molecule has 1 aromatic heterocycles. The molecule has 1 aromatic carbocycles. The molecule has 0 aliphatic carbocycles. The molecule has 2 heterocycles. The highest BCUT2D eigenvalue weighted by Gasteiger charge is 2.26. The summed E-state index contributed by atoms with van der Waals surface area (Å²) in [5.41, 5.74) is 1.77. The van der Waals surface area contributed by atoms with E-state index in [1.54, 1.807) is 18.5 Å². The fraction of sp³-hybridized carbons (Fsp3) is 0.333. The van der Waals surface area contributed by atoms with Gasteiger partial charge in [0.1, 0.15) is 0 Å². The van der Waals surface area contributed by atoms with Gasteiger partial charge in [0, 0.05) is 29.3 Å². The van der Waals surface area contributed by atoms with Gasteiger partial charge in [-0.2, -0.15) is 0 Å². The normalized spacial score (nSPS) is 18.3. The van der Waals surface area contributed by atoms with E-state index in [1.807, 2.05) is 24.3 Å². The molecule has 0 saturated carbocycles. The fourth-order valence-electron chi connectivity index (χ4n) is 2.98. The number of amides is 1. The zero-order valence-electron chi connectivity index (χ0n) is 13.2. The molecule has 126 valence electrons. The summed E-state index contributed by atoms with van der Waals surface area (Å²) in [6.07, 6.45) is 5.24. The van der Waals surface area contributed by atoms with Crippen LogP contribution < -0.4 is 5.32 Å². The van der Waals surface area contributed by atoms with Crippen molar-refractivity contribution in [3.8, 4) is 0 Å². The van der Waals surface area contributed by atoms with Crippen LogP contribution in [0.25, 0.3) is 0 Å². The zero-order chi connectivity index (χ0) is 16.9. The first-order valence-electron chi connectivity index (χ1n) is 7.99. The van der Waals surface area contributed by atoms with Crippen molar-refractivity contribution in [3.63, 3.8) is 0 Å². The minimum atomic E-state index is -0.0231. The molecular weight excluding hydrogens is 345 g/mol. The van der Waals surface area contributed by atoms with Crippen molar-refractivity contribution in [1.82, 2.24) is 9.88 Å². The van der Waals surface area contributed by atoms with Crippen LogP contribution >= 0.6 is 23.2 Å². The highest BCUT2D eigenvalue weighted by atomic mass is 35.5. The van der Waals surface area contributed by atoms with Crippen LogP contribution in [0.1, 0.15) is 18.4 Å². The van der Waals surface area contributed by atoms with Crippen molar-refractivity contribution in [3.05, 3.63) is 58.3 Å². The maximum absolute atomic E-state index is 12.5. The zero-order valence-corrected chi connectivity index (χ0v) is 14.7. The number of halogens is 2. The van der Waals surface area contributed by atoms with E-state index in [-0.39, 0.29) is 11.8 Å². The molecule has 4 nitrogen and oxygen atoms in total. The lowest BCUT2D eigenvalue weighted by atomic mass is 9.96. The average Bonchev–Trinajstić information content (AvgIpc) is 2.59. The van der Waals surface area contributed by atoms with Gasteiger partial charge in [-0.05, 0) is 49.2 Å². The third-order valence-electron chi connectivity index (χ3n) is 4.21. The number of nitrogens with zero attached hydrogens (tertiary/aromatic N) is 2. The summed E-state index contributed by atoms with van der Waals surface area (Å²) in [4.78, 5) is 18.8. The minimum absolute atomic E-state index is 0.0231. The largest absolute Gasteiger partial charge is 0.324 e. The van der Waals surface area contributed by atoms with Gasteiger partial charge >= 0.3 is 0 Å². The smallest absolute Gasteiger partial charge is 0.228 e. The second-order valence-corrected chi connectivity index (χ2v) is 6.88. The molecule has 6 heteroatoms. The Morgan fingerprint density at radius 3 is 2.96 bits per heavy atom. The molecule has 3 rings (SSSR count). The van der Waals surface area contributed by atoms with Crippen molar-refractivity contribution in [2.75, 3.05) is 18.4 Å². The van der Waals surface area contributed by atoms with Gasteiger partial charge < -0.3 is 5.32 Å². The first-order valence-corrected chi connectivity index (χ1v) is 8.74. The van der Waals surface area contributed by atoms with E-state index in [0.29, 0.717) is 10.0 Å². The molecular formula is C18H19Cl2N3O. The van der Waals surface area contributed by atoms with Crippen molar-refractivity contribution >= 4 is 34.8 Å². The number of anilines is 1. The number of piperidine rings is 1. The Balaban J connectivity index is 1.60. The van der Waals surface area contributed by atoms with Gasteiger partial charge in [0.15, 0.2) is 0 Å². The summed E-state index contributed by atoms with van der Waals surface area (Å²) < 4.78 is 0. The topological polar surface area (TPSA) is 45.2 Å². The van der Waals surface area contributed by atoms with Gasteiger partial charge in [-0.3, -0.25) is 14.7 Å². The van der Waals surface area contributed by atoms with Crippen molar-refractivity contribution < 1.29 is 4.79 Å². The monoisotopic (exact) mass is 363 g/mol. The number of benzene rings is 1. The Kier molecular flexibility index (Phi) is 5.72. The maximum atomic E-state index is 12.5. The van der Waals surface area contributed by atoms with Crippen LogP contribution in [0.3, 0.4) is 0 Å². The van der Waals surface area contributed by atoms with E-state index < -0.39 is 0 Å². The quantitative estimate of drug-likeness (QED) is 0.883. The van der Waals surface area contributed by atoms with Gasteiger partial charge in [0.25, 0.3) is 0 Å². The Hall–Kier alpha value is -1.62. The minimum Gasteiger partial charge on any atom is -0.324 e. The van der Waals surface area contributed by atoms with E-state index >= 15 is 0 Å². The van der Waals surface area contributed by atoms with Crippen LogP contribution in [-0.2, 0) is 11.3 Å². The summed E-state index contributed by atoms with van der Waals surface area (Å²) in [7, 11) is 0. The molecule has 0 spiro atoms. The molecule has 1 saturated heterocycles. The first-order chi connectivity index (χ1) is 11.6. The lowest BCUT2D eigenvalue weighted by molar-refractivity contribution is -0.121. The van der Waals surface area contributed by atoms with Gasteiger partial charge in [-0.15, -0.1) is 0 Å². The molecule has 1 aliphatic heterocycles. The maximum Gasteiger partial charge on any atom is 0.228 e. The highest BCUT2D eigenvalue weighted by Crippen LogP contribution is 2.25. The van der Waals surface area contributed by atoms with E-state index in [2.05, 4.69) is 15.2 Å². The second kappa shape index (κ2) is 7.97. The second-order valence-electron chi connectivity index (χ2n) is 6.04. The summed E-state index contributed by atoms with van der Waals surface area (Å²) in [6, 6.07) is 9.21. The first kappa shape index (κ1) is 17.2. The summed E-state index contributed by atoms with van der Waals surface area (Å²) in [5, 5.41) is 4.25. The van der Waals surface area contributed by atoms with Crippen LogP contribution in [0.2, 0.25) is 10.0 Å². The third kappa shape index (κ3) is 4.47. The SMILES string of the molecule is O=C(Nc1cccnc1)C1CCCN(Cc2ccc(Cl)cc2Cl)C1. The number of rotatable bonds is 4. The van der Waals surface area contributed by atoms with Gasteiger partial charge in [0.05, 0.1) is 17.8 Å². The van der Waals surface area contributed by atoms with Crippen LogP contribution in [0.4, 0.5) is 5.69 Å². The fourth-order valence-corrected chi connectivity index (χ4v) is 3.45. The third-order valence-corrected chi connectivity index (χ3v) is 4.80. The van der Waals surface area contributed by atoms with Gasteiger partial charge in [-0.25, -0.2) is 0 Å². The molecule has 1 amide bonds. The highest BCUT2D eigenvalue weighted by molar-refractivity contribution is 6.35. The molecule has 24 heavy (non-hydrogen) atoms. The number of hydrogen-bond donors (Lipinski definition) is 1. The van der Waals surface area contributed by atoms with Crippen molar-refractivity contribution in [2.45, 2.75) is 19.4 Å². The van der Waals surface area contributed by atoms with Crippen LogP contribution in [0, 0.1) is 5.92 Å². The predicted octanol–water partition coefficient (Wildman–Crippen LogP) is 4.24. The molecule has 1 N–H and O–H groups in total. The molecule has 1 fully saturated rings. The Bertz CT molecular complexity index is 709. The summed E-state index contributed by atoms with van der Waals surface area (Å²) in [6.45, 7) is 2.42. The molecule has 1 unspecified atom stereocenters. The number of nitrogens with one attached hydrogen (secondary N) is 1. The van der Waals surface area contributed by atoms with E-state index in [1.165, 1.54) is 0 Å². The predicted molar refractivity (Wildman–Crippen MR) is 97.3 cm³/mol. The molecule has 0 bridgehead atoms. The van der Waals surface area contributed by atoms with Gasteiger partial charge in [0.2, 0.25) is 5.91 Å². The van der Waals surface area contributed by atoms with Crippen LogP contribution in [0.15, 0.2) is 42.7 Å². The van der Waals surface area contributed by atoms with Crippen molar-refractivity contribution in [2.24, 2.45) is 5.92 Å². The number of carbonyl (C=O) groups is 1. The number of carbonyl (C=O) groups excluding carboxylic acids is 1. The number of likely N-dealkylation sites (tertiary alicyclic amines) is 1. The number of hydrogen-bond acceptors (Lipinski definition) is 3. The standard InChI is InChI=1S/C18H19Cl2N3O/c19-15-6-5-13(17(20)9-15)11-23-8-2-3-14(12-23)18(24)22-16-4-1-7-21-10-16/h1,4-7,9-10,14H,2-3,8,11-12H2,(H,22,24). The molecule has 1 aliphatic rings. The lowest BCUT2D eigenvalue weighted by Gasteiger charge is -2.32. The number of pyridine rings is 1. The summed E-state index contributed by atoms with van der Waals surface area (Å²) >= 11 is 12.2.